The van der Waals surface area contributed by atoms with Crippen molar-refractivity contribution in [3.05, 3.63) is 49.0 Å². The molecule has 0 saturated heterocycles. The molecule has 0 saturated carbocycles. The van der Waals surface area contributed by atoms with Crippen LogP contribution in [0.5, 0.6) is 0 Å². The van der Waals surface area contributed by atoms with Crippen LogP contribution in [0.3, 0.4) is 0 Å². The predicted molar refractivity (Wildman–Crippen MR) is 71.2 cm³/mol. The van der Waals surface area contributed by atoms with E-state index in [1.807, 2.05) is 12.1 Å². The van der Waals surface area contributed by atoms with Crippen LogP contribution in [0.15, 0.2) is 32.8 Å². The average Bonchev–Trinajstić information content (AvgIpc) is 2.74. The zero-order valence-electron chi connectivity index (χ0n) is 9.17. The summed E-state index contributed by atoms with van der Waals surface area (Å²) in [4.78, 5) is 23.4. The lowest BCUT2D eigenvalue weighted by Gasteiger charge is -2.03. The first-order valence-corrected chi connectivity index (χ1v) is 6.73. The third-order valence-corrected chi connectivity index (χ3v) is 3.97. The molecule has 0 aliphatic carbocycles. The molecule has 2 aromatic rings. The van der Waals surface area contributed by atoms with E-state index >= 15 is 0 Å². The molecule has 2 aromatic heterocycles. The highest BCUT2D eigenvalue weighted by Gasteiger charge is 2.07. The Morgan fingerprint density at radius 3 is 2.78 bits per heavy atom. The summed E-state index contributed by atoms with van der Waals surface area (Å²) in [5, 5.41) is 12.6. The van der Waals surface area contributed by atoms with Gasteiger partial charge in [-0.1, -0.05) is 0 Å². The van der Waals surface area contributed by atoms with E-state index in [2.05, 4.69) is 21.0 Å². The van der Waals surface area contributed by atoms with Gasteiger partial charge in [0.05, 0.1) is 3.79 Å². The summed E-state index contributed by atoms with van der Waals surface area (Å²) < 4.78 is 2.20. The van der Waals surface area contributed by atoms with Gasteiger partial charge >= 0.3 is 5.97 Å². The molecule has 0 unspecified atom stereocenters. The minimum absolute atomic E-state index is 0.123. The van der Waals surface area contributed by atoms with Crippen molar-refractivity contribution in [1.29, 1.82) is 0 Å². The Morgan fingerprint density at radius 2 is 2.17 bits per heavy atom. The van der Waals surface area contributed by atoms with Gasteiger partial charge < -0.3 is 5.11 Å². The SMILES string of the molecule is O=C(O)c1ccc(=O)n(CCc2ccc(Br)s2)n1. The minimum atomic E-state index is -1.14. The van der Waals surface area contributed by atoms with E-state index in [-0.39, 0.29) is 11.3 Å². The van der Waals surface area contributed by atoms with Crippen molar-refractivity contribution in [2.45, 2.75) is 13.0 Å². The smallest absolute Gasteiger partial charge is 0.356 e. The highest BCUT2D eigenvalue weighted by molar-refractivity contribution is 9.11. The first-order chi connectivity index (χ1) is 8.56. The summed E-state index contributed by atoms with van der Waals surface area (Å²) in [6.45, 7) is 0.368. The molecule has 1 N–H and O–H groups in total. The monoisotopic (exact) mass is 328 g/mol. The fourth-order valence-corrected chi connectivity index (χ4v) is 2.90. The second-order valence-electron chi connectivity index (χ2n) is 3.54. The van der Waals surface area contributed by atoms with Gasteiger partial charge in [-0.15, -0.1) is 11.3 Å². The van der Waals surface area contributed by atoms with Crippen LogP contribution in [0.1, 0.15) is 15.4 Å². The molecule has 0 amide bonds. The van der Waals surface area contributed by atoms with E-state index in [0.29, 0.717) is 13.0 Å². The largest absolute Gasteiger partial charge is 0.476 e. The minimum Gasteiger partial charge on any atom is -0.476 e. The lowest BCUT2D eigenvalue weighted by atomic mass is 10.3. The second kappa shape index (κ2) is 5.45. The summed E-state index contributed by atoms with van der Waals surface area (Å²) in [6, 6.07) is 6.33. The van der Waals surface area contributed by atoms with E-state index in [0.717, 1.165) is 8.66 Å². The third kappa shape index (κ3) is 3.05. The molecule has 0 fully saturated rings. The molecule has 0 bridgehead atoms. The van der Waals surface area contributed by atoms with Gasteiger partial charge in [0.25, 0.3) is 5.56 Å². The molecule has 0 radical (unpaired) electrons. The summed E-state index contributed by atoms with van der Waals surface area (Å²) in [5.41, 5.74) is -0.419. The topological polar surface area (TPSA) is 72.2 Å². The van der Waals surface area contributed by atoms with E-state index in [9.17, 15) is 9.59 Å². The zero-order chi connectivity index (χ0) is 13.1. The van der Waals surface area contributed by atoms with Gasteiger partial charge in [0.2, 0.25) is 0 Å². The summed E-state index contributed by atoms with van der Waals surface area (Å²) >= 11 is 4.94. The van der Waals surface area contributed by atoms with Crippen molar-refractivity contribution in [3.8, 4) is 0 Å². The maximum Gasteiger partial charge on any atom is 0.356 e. The number of carbonyl (C=O) groups is 1. The number of aromatic nitrogens is 2. The fourth-order valence-electron chi connectivity index (χ4n) is 1.43. The van der Waals surface area contributed by atoms with Crippen molar-refractivity contribution >= 4 is 33.2 Å². The fraction of sp³-hybridized carbons (Fsp3) is 0.182. The van der Waals surface area contributed by atoms with Crippen molar-refractivity contribution in [3.63, 3.8) is 0 Å². The van der Waals surface area contributed by atoms with Crippen molar-refractivity contribution in [2.24, 2.45) is 0 Å². The molecule has 0 aromatic carbocycles. The summed E-state index contributed by atoms with van der Waals surface area (Å²) in [6.07, 6.45) is 0.645. The van der Waals surface area contributed by atoms with Crippen LogP contribution < -0.4 is 5.56 Å². The van der Waals surface area contributed by atoms with Gasteiger partial charge in [0, 0.05) is 23.9 Å². The first kappa shape index (κ1) is 13.0. The Balaban J connectivity index is 2.16. The number of aryl methyl sites for hydroxylation is 2. The van der Waals surface area contributed by atoms with Crippen LogP contribution in [0.25, 0.3) is 0 Å². The van der Waals surface area contributed by atoms with Crippen molar-refractivity contribution in [1.82, 2.24) is 9.78 Å². The van der Waals surface area contributed by atoms with Crippen LogP contribution in [0.2, 0.25) is 0 Å². The number of aromatic carboxylic acids is 1. The standard InChI is InChI=1S/C11H9BrN2O3S/c12-9-3-1-7(18-9)5-6-14-10(15)4-2-8(13-14)11(16)17/h1-4H,5-6H2,(H,16,17). The molecule has 94 valence electrons. The normalized spacial score (nSPS) is 10.5. The number of halogens is 1. The Kier molecular flexibility index (Phi) is 3.93. The maximum atomic E-state index is 11.5. The molecule has 2 heterocycles. The molecule has 0 aliphatic heterocycles. The van der Waals surface area contributed by atoms with Crippen LogP contribution >= 0.6 is 27.3 Å². The number of carboxylic acid groups (broad SMARTS) is 1. The Bertz CT molecular complexity index is 635. The Labute approximate surface area is 115 Å². The van der Waals surface area contributed by atoms with Crippen molar-refractivity contribution < 1.29 is 9.90 Å². The first-order valence-electron chi connectivity index (χ1n) is 5.12. The molecule has 0 spiro atoms. The van der Waals surface area contributed by atoms with Gasteiger partial charge in [-0.2, -0.15) is 5.10 Å². The maximum absolute atomic E-state index is 11.5. The molecular weight excluding hydrogens is 320 g/mol. The van der Waals surface area contributed by atoms with Crippen LogP contribution in [-0.4, -0.2) is 20.9 Å². The van der Waals surface area contributed by atoms with Gasteiger partial charge in [0.15, 0.2) is 5.69 Å². The van der Waals surface area contributed by atoms with Gasteiger partial charge in [-0.3, -0.25) is 4.79 Å². The number of carboxylic acids is 1. The predicted octanol–water partition coefficient (Wildman–Crippen LogP) is 2.01. The zero-order valence-corrected chi connectivity index (χ0v) is 11.6. The number of nitrogens with zero attached hydrogens (tertiary/aromatic N) is 2. The summed E-state index contributed by atoms with van der Waals surface area (Å²) in [7, 11) is 0. The average molecular weight is 329 g/mol. The highest BCUT2D eigenvalue weighted by atomic mass is 79.9. The Morgan fingerprint density at radius 1 is 1.39 bits per heavy atom. The molecule has 0 atom stereocenters. The third-order valence-electron chi connectivity index (χ3n) is 2.28. The lowest BCUT2D eigenvalue weighted by molar-refractivity contribution is 0.0687. The van der Waals surface area contributed by atoms with Gasteiger partial charge in [0.1, 0.15) is 0 Å². The quantitative estimate of drug-likeness (QED) is 0.931. The molecular formula is C11H9BrN2O3S. The molecule has 18 heavy (non-hydrogen) atoms. The number of thiophene rings is 1. The second-order valence-corrected chi connectivity index (χ2v) is 6.09. The van der Waals surface area contributed by atoms with Gasteiger partial charge in [-0.05, 0) is 34.1 Å². The number of rotatable bonds is 4. The summed E-state index contributed by atoms with van der Waals surface area (Å²) in [5.74, 6) is -1.14. The Hall–Kier alpha value is -1.47. The molecule has 0 aliphatic rings. The molecule has 7 heteroatoms. The van der Waals surface area contributed by atoms with E-state index < -0.39 is 5.97 Å². The van der Waals surface area contributed by atoms with E-state index in [4.69, 9.17) is 5.11 Å². The molecule has 5 nitrogen and oxygen atoms in total. The van der Waals surface area contributed by atoms with Crippen molar-refractivity contribution in [2.75, 3.05) is 0 Å². The number of hydrogen-bond acceptors (Lipinski definition) is 4. The van der Waals surface area contributed by atoms with Crippen LogP contribution in [-0.2, 0) is 13.0 Å². The molecule has 2 rings (SSSR count). The van der Waals surface area contributed by atoms with Crippen LogP contribution in [0, 0.1) is 0 Å². The lowest BCUT2D eigenvalue weighted by Crippen LogP contribution is -2.25. The van der Waals surface area contributed by atoms with E-state index in [1.165, 1.54) is 16.8 Å². The van der Waals surface area contributed by atoms with Crippen LogP contribution in [0.4, 0.5) is 0 Å². The van der Waals surface area contributed by atoms with Gasteiger partial charge in [-0.25, -0.2) is 9.48 Å². The highest BCUT2D eigenvalue weighted by Crippen LogP contribution is 2.22. The number of hydrogen-bond donors (Lipinski definition) is 1. The van der Waals surface area contributed by atoms with E-state index in [1.54, 1.807) is 11.3 Å².